The number of non-ortho nitro benzene ring substituents is 1. The first kappa shape index (κ1) is 22.4. The number of esters is 1. The zero-order chi connectivity index (χ0) is 21.1. The largest absolute Gasteiger partial charge is 0.452 e. The van der Waals surface area contributed by atoms with E-state index in [2.05, 4.69) is 16.7 Å². The van der Waals surface area contributed by atoms with E-state index in [0.717, 1.165) is 25.3 Å². The molecule has 158 valence electrons. The average molecular weight is 405 g/mol. The van der Waals surface area contributed by atoms with Gasteiger partial charge < -0.3 is 20.1 Å². The number of nitro groups is 1. The number of amides is 1. The third kappa shape index (κ3) is 7.53. The minimum Gasteiger partial charge on any atom is -0.452 e. The Morgan fingerprint density at radius 2 is 2.07 bits per heavy atom. The highest BCUT2D eigenvalue weighted by molar-refractivity contribution is 5.97. The molecular weight excluding hydrogens is 378 g/mol. The average Bonchev–Trinajstić information content (AvgIpc) is 2.73. The number of hydrogen-bond acceptors (Lipinski definition) is 7. The fourth-order valence-corrected chi connectivity index (χ4v) is 3.01. The number of nitrogens with zero attached hydrogens (tertiary/aromatic N) is 1. The van der Waals surface area contributed by atoms with Gasteiger partial charge in [-0.2, -0.15) is 0 Å². The summed E-state index contributed by atoms with van der Waals surface area (Å²) < 4.78 is 10.00. The van der Waals surface area contributed by atoms with Crippen LogP contribution in [0.4, 0.5) is 11.4 Å². The Hall–Kier alpha value is -2.94. The molecule has 1 aromatic carbocycles. The Morgan fingerprint density at radius 1 is 1.24 bits per heavy atom. The van der Waals surface area contributed by atoms with Crippen LogP contribution in [0.3, 0.4) is 0 Å². The SMILES string of the molecule is COCCNc1ccc([N+](=O)[O-])cc1C(=O)OCC(=O)NCCC1=CCCCC1. The number of ether oxygens (including phenoxy) is 2. The summed E-state index contributed by atoms with van der Waals surface area (Å²) in [4.78, 5) is 34.7. The van der Waals surface area contributed by atoms with Crippen LogP contribution in [0.2, 0.25) is 0 Å². The van der Waals surface area contributed by atoms with Crippen LogP contribution in [-0.2, 0) is 14.3 Å². The lowest BCUT2D eigenvalue weighted by Crippen LogP contribution is -2.30. The molecule has 2 N–H and O–H groups in total. The molecular formula is C20H27N3O6. The van der Waals surface area contributed by atoms with Crippen molar-refractivity contribution >= 4 is 23.3 Å². The number of nitro benzene ring substituents is 1. The number of carbonyl (C=O) groups is 2. The number of benzene rings is 1. The van der Waals surface area contributed by atoms with Gasteiger partial charge in [-0.3, -0.25) is 14.9 Å². The predicted molar refractivity (Wildman–Crippen MR) is 108 cm³/mol. The van der Waals surface area contributed by atoms with Crippen molar-refractivity contribution in [1.82, 2.24) is 5.32 Å². The maximum atomic E-state index is 12.4. The van der Waals surface area contributed by atoms with Gasteiger partial charge in [0.2, 0.25) is 0 Å². The molecule has 2 rings (SSSR count). The molecule has 0 atom stereocenters. The maximum absolute atomic E-state index is 12.4. The van der Waals surface area contributed by atoms with Crippen molar-refractivity contribution < 1.29 is 24.0 Å². The number of allylic oxidation sites excluding steroid dienone is 1. The lowest BCUT2D eigenvalue weighted by atomic mass is 9.97. The van der Waals surface area contributed by atoms with E-state index in [0.29, 0.717) is 25.4 Å². The van der Waals surface area contributed by atoms with Crippen LogP contribution in [-0.4, -0.2) is 50.2 Å². The number of anilines is 1. The molecule has 0 saturated carbocycles. The minimum absolute atomic E-state index is 0.00420. The Labute approximate surface area is 169 Å². The zero-order valence-corrected chi connectivity index (χ0v) is 16.6. The van der Waals surface area contributed by atoms with Crippen LogP contribution in [0.15, 0.2) is 29.8 Å². The molecule has 29 heavy (non-hydrogen) atoms. The zero-order valence-electron chi connectivity index (χ0n) is 16.6. The van der Waals surface area contributed by atoms with Gasteiger partial charge in [0.15, 0.2) is 6.61 Å². The summed E-state index contributed by atoms with van der Waals surface area (Å²) in [7, 11) is 1.54. The van der Waals surface area contributed by atoms with E-state index in [-0.39, 0.29) is 11.3 Å². The van der Waals surface area contributed by atoms with E-state index >= 15 is 0 Å². The Bertz CT molecular complexity index is 763. The quantitative estimate of drug-likeness (QED) is 0.191. The van der Waals surface area contributed by atoms with Crippen LogP contribution in [0.1, 0.15) is 42.5 Å². The summed E-state index contributed by atoms with van der Waals surface area (Å²) >= 11 is 0. The lowest BCUT2D eigenvalue weighted by molar-refractivity contribution is -0.384. The molecule has 0 spiro atoms. The molecule has 0 aromatic heterocycles. The van der Waals surface area contributed by atoms with Crippen molar-refractivity contribution in [1.29, 1.82) is 0 Å². The molecule has 0 unspecified atom stereocenters. The van der Waals surface area contributed by atoms with Gasteiger partial charge >= 0.3 is 5.97 Å². The number of rotatable bonds is 11. The molecule has 0 saturated heterocycles. The fourth-order valence-electron chi connectivity index (χ4n) is 3.01. The van der Waals surface area contributed by atoms with Crippen molar-refractivity contribution in [3.05, 3.63) is 45.5 Å². The van der Waals surface area contributed by atoms with Crippen LogP contribution in [0, 0.1) is 10.1 Å². The van der Waals surface area contributed by atoms with E-state index < -0.39 is 23.4 Å². The van der Waals surface area contributed by atoms with Crippen molar-refractivity contribution in [3.8, 4) is 0 Å². The van der Waals surface area contributed by atoms with E-state index in [1.807, 2.05) is 0 Å². The Kier molecular flexibility index (Phi) is 9.10. The molecule has 0 heterocycles. The van der Waals surface area contributed by atoms with Crippen molar-refractivity contribution in [2.45, 2.75) is 32.1 Å². The molecule has 0 aliphatic heterocycles. The number of hydrogen-bond donors (Lipinski definition) is 2. The first-order chi connectivity index (χ1) is 14.0. The highest BCUT2D eigenvalue weighted by Crippen LogP contribution is 2.23. The predicted octanol–water partition coefficient (Wildman–Crippen LogP) is 2.82. The highest BCUT2D eigenvalue weighted by atomic mass is 16.6. The Balaban J connectivity index is 1.88. The lowest BCUT2D eigenvalue weighted by Gasteiger charge is -2.13. The van der Waals surface area contributed by atoms with Gasteiger partial charge in [0.1, 0.15) is 0 Å². The molecule has 1 aliphatic rings. The minimum atomic E-state index is -0.807. The van der Waals surface area contributed by atoms with Crippen molar-refractivity contribution in [2.24, 2.45) is 0 Å². The first-order valence-corrected chi connectivity index (χ1v) is 9.64. The van der Waals surface area contributed by atoms with Gasteiger partial charge in [-0.05, 0) is 38.2 Å². The molecule has 0 fully saturated rings. The van der Waals surface area contributed by atoms with E-state index in [9.17, 15) is 19.7 Å². The fraction of sp³-hybridized carbons (Fsp3) is 0.500. The van der Waals surface area contributed by atoms with Gasteiger partial charge in [0.05, 0.1) is 17.1 Å². The monoisotopic (exact) mass is 405 g/mol. The van der Waals surface area contributed by atoms with Gasteiger partial charge in [0.25, 0.3) is 11.6 Å². The maximum Gasteiger partial charge on any atom is 0.341 e. The normalized spacial score (nSPS) is 13.3. The summed E-state index contributed by atoms with van der Waals surface area (Å²) in [6.07, 6.45) is 7.56. The van der Waals surface area contributed by atoms with Crippen LogP contribution in [0.25, 0.3) is 0 Å². The number of carbonyl (C=O) groups excluding carboxylic acids is 2. The molecule has 1 aromatic rings. The highest BCUT2D eigenvalue weighted by Gasteiger charge is 2.19. The third-order valence-electron chi connectivity index (χ3n) is 4.54. The van der Waals surface area contributed by atoms with Crippen LogP contribution >= 0.6 is 0 Å². The van der Waals surface area contributed by atoms with E-state index in [1.165, 1.54) is 37.7 Å². The standard InChI is InChI=1S/C20H27N3O6/c1-28-12-11-21-18-8-7-16(23(26)27)13-17(18)20(25)29-14-19(24)22-10-9-15-5-3-2-4-6-15/h5,7-8,13,21H,2-4,6,9-12,14H2,1H3,(H,22,24). The third-order valence-corrected chi connectivity index (χ3v) is 4.54. The second-order valence-corrected chi connectivity index (χ2v) is 6.69. The first-order valence-electron chi connectivity index (χ1n) is 9.64. The van der Waals surface area contributed by atoms with Gasteiger partial charge in [-0.15, -0.1) is 0 Å². The molecule has 1 amide bonds. The molecule has 9 heteroatoms. The van der Waals surface area contributed by atoms with E-state index in [4.69, 9.17) is 9.47 Å². The summed E-state index contributed by atoms with van der Waals surface area (Å²) in [6, 6.07) is 3.85. The van der Waals surface area contributed by atoms with Gasteiger partial charge in [0, 0.05) is 38.0 Å². The smallest absolute Gasteiger partial charge is 0.341 e. The van der Waals surface area contributed by atoms with Gasteiger partial charge in [-0.1, -0.05) is 11.6 Å². The topological polar surface area (TPSA) is 120 Å². The van der Waals surface area contributed by atoms with Crippen LogP contribution in [0.5, 0.6) is 0 Å². The summed E-state index contributed by atoms with van der Waals surface area (Å²) in [6.45, 7) is 0.843. The molecule has 0 bridgehead atoms. The summed E-state index contributed by atoms with van der Waals surface area (Å²) in [5.74, 6) is -1.21. The molecule has 0 radical (unpaired) electrons. The number of nitrogens with one attached hydrogen (secondary N) is 2. The van der Waals surface area contributed by atoms with Crippen molar-refractivity contribution in [2.75, 3.05) is 38.7 Å². The van der Waals surface area contributed by atoms with Crippen LogP contribution < -0.4 is 10.6 Å². The number of methoxy groups -OCH3 is 1. The molecule has 9 nitrogen and oxygen atoms in total. The molecule has 1 aliphatic carbocycles. The summed E-state index contributed by atoms with van der Waals surface area (Å²) in [5.41, 5.74) is 1.48. The second-order valence-electron chi connectivity index (χ2n) is 6.69. The summed E-state index contributed by atoms with van der Waals surface area (Å²) in [5, 5.41) is 16.7. The van der Waals surface area contributed by atoms with E-state index in [1.54, 1.807) is 0 Å². The Morgan fingerprint density at radius 3 is 2.76 bits per heavy atom. The second kappa shape index (κ2) is 11.8. The van der Waals surface area contributed by atoms with Gasteiger partial charge in [-0.25, -0.2) is 4.79 Å². The van der Waals surface area contributed by atoms with Crippen molar-refractivity contribution in [3.63, 3.8) is 0 Å².